The van der Waals surface area contributed by atoms with Crippen molar-refractivity contribution in [2.24, 2.45) is 5.92 Å². The average Bonchev–Trinajstić information content (AvgIpc) is 3.72. The van der Waals surface area contributed by atoms with E-state index in [4.69, 9.17) is 46.4 Å². The minimum atomic E-state index is -4.62. The van der Waals surface area contributed by atoms with Gasteiger partial charge in [-0.25, -0.2) is 13.2 Å². The fourth-order valence-corrected chi connectivity index (χ4v) is 6.57. The van der Waals surface area contributed by atoms with E-state index in [-0.39, 0.29) is 38.1 Å². The van der Waals surface area contributed by atoms with Crippen molar-refractivity contribution in [3.63, 3.8) is 0 Å². The van der Waals surface area contributed by atoms with Crippen LogP contribution >= 0.6 is 46.4 Å². The lowest BCUT2D eigenvalue weighted by molar-refractivity contribution is -0.138. The Bertz CT molecular complexity index is 2190. The first-order valence-electron chi connectivity index (χ1n) is 15.1. The molecule has 0 bridgehead atoms. The number of alkyl halides is 3. The van der Waals surface area contributed by atoms with Crippen LogP contribution in [-0.2, 0) is 0 Å². The van der Waals surface area contributed by atoms with Crippen LogP contribution in [0.4, 0.5) is 38.0 Å². The van der Waals surface area contributed by atoms with Crippen LogP contribution in [0.5, 0.6) is 0 Å². The van der Waals surface area contributed by atoms with Crippen molar-refractivity contribution in [3.8, 4) is 22.3 Å². The Balaban J connectivity index is 0.000000176. The van der Waals surface area contributed by atoms with Gasteiger partial charge in [0.2, 0.25) is 0 Å². The van der Waals surface area contributed by atoms with Crippen LogP contribution in [0, 0.1) is 23.4 Å². The third kappa shape index (κ3) is 7.32. The molecule has 0 radical (unpaired) electrons. The van der Waals surface area contributed by atoms with Gasteiger partial charge in [0.05, 0.1) is 21.2 Å². The largest absolute Gasteiger partial charge is 0.408 e. The molecule has 10 nitrogen and oxygen atoms in total. The molecule has 6 aromatic rings. The number of rotatable bonds is 5. The number of fused-ring (bicyclic) bond motifs is 2. The van der Waals surface area contributed by atoms with Crippen LogP contribution in [0.15, 0.2) is 43.0 Å². The first-order chi connectivity index (χ1) is 24.1. The zero-order valence-electron chi connectivity index (χ0n) is 26.3. The summed E-state index contributed by atoms with van der Waals surface area (Å²) in [4.78, 5) is 18.2. The second-order valence-corrected chi connectivity index (χ2v) is 13.1. The zero-order chi connectivity index (χ0) is 36.8. The Kier molecular flexibility index (Phi) is 10.4. The number of anilines is 2. The molecule has 1 saturated heterocycles. The van der Waals surface area contributed by atoms with E-state index < -0.39 is 40.3 Å². The highest BCUT2D eigenvalue weighted by atomic mass is 35.5. The van der Waals surface area contributed by atoms with Crippen LogP contribution < -0.4 is 10.2 Å². The van der Waals surface area contributed by atoms with Gasteiger partial charge >= 0.3 is 6.18 Å². The second-order valence-electron chi connectivity index (χ2n) is 11.6. The lowest BCUT2D eigenvalue weighted by Gasteiger charge is -2.33. The lowest BCUT2D eigenvalue weighted by atomic mass is 9.98. The number of halogens is 10. The maximum absolute atomic E-state index is 14.6. The van der Waals surface area contributed by atoms with E-state index >= 15 is 0 Å². The predicted molar refractivity (Wildman–Crippen MR) is 182 cm³/mol. The SMILES string of the molecule is CC1CCN(c2c(-c3c(F)cccc3Cl)c(Cl)nc3ncnn23)CC1.C[C@H](Nc1c(-c2c(F)cc(F)cc2Cl)c(Cl)nc2ncnn12)C(F)(F)F. The molecule has 2 aromatic carbocycles. The average molecular weight is 792 g/mol. The summed E-state index contributed by atoms with van der Waals surface area (Å²) in [6.45, 7) is 4.74. The molecule has 51 heavy (non-hydrogen) atoms. The zero-order valence-corrected chi connectivity index (χ0v) is 29.4. The standard InChI is InChI=1S/C17H16Cl2FN5.C14H8Cl2F5N5/c1-10-5-7-24(8-6-10)16-14(13-11(18)3-2-4-12(13)20)15(19)23-17-21-9-22-25(16)17;1-5(14(19,20)21)24-12-10(9-7(15)2-6(17)3-8(9)18)11(16)25-13-22-4-23-26(12)13/h2-4,9-10H,5-8H2,1H3;2-5,24H,1H3/t;5-/m.0/s1. The van der Waals surface area contributed by atoms with Crippen LogP contribution in [0.1, 0.15) is 26.7 Å². The van der Waals surface area contributed by atoms with Crippen molar-refractivity contribution < 1.29 is 26.3 Å². The van der Waals surface area contributed by atoms with Crippen molar-refractivity contribution in [2.45, 2.75) is 38.9 Å². The van der Waals surface area contributed by atoms with Crippen LogP contribution in [0.2, 0.25) is 20.4 Å². The van der Waals surface area contributed by atoms with E-state index in [1.165, 1.54) is 12.4 Å². The van der Waals surface area contributed by atoms with E-state index in [1.54, 1.807) is 16.6 Å². The fraction of sp³-hybridized carbons (Fsp3) is 0.290. The number of hydrogen-bond acceptors (Lipinski definition) is 8. The fourth-order valence-electron chi connectivity index (χ4n) is 5.51. The van der Waals surface area contributed by atoms with Gasteiger partial charge in [0, 0.05) is 30.3 Å². The Morgan fingerprint density at radius 3 is 1.98 bits per heavy atom. The summed E-state index contributed by atoms with van der Waals surface area (Å²) >= 11 is 24.7. The van der Waals surface area contributed by atoms with Crippen molar-refractivity contribution in [3.05, 3.63) is 80.8 Å². The minimum absolute atomic E-state index is 0.116. The van der Waals surface area contributed by atoms with Gasteiger partial charge in [0.25, 0.3) is 11.6 Å². The van der Waals surface area contributed by atoms with Crippen LogP contribution in [0.25, 0.3) is 33.8 Å². The molecule has 1 atom stereocenters. The molecule has 4 aromatic heterocycles. The molecular weight excluding hydrogens is 768 g/mol. The lowest BCUT2D eigenvalue weighted by Crippen LogP contribution is -2.35. The normalized spacial score (nSPS) is 14.5. The third-order valence-corrected chi connectivity index (χ3v) is 9.30. The Labute approximate surface area is 305 Å². The molecule has 1 fully saturated rings. The molecule has 1 aliphatic heterocycles. The van der Waals surface area contributed by atoms with Gasteiger partial charge in [-0.05, 0) is 43.9 Å². The molecule has 7 rings (SSSR count). The highest BCUT2D eigenvalue weighted by molar-refractivity contribution is 6.37. The van der Waals surface area contributed by atoms with Gasteiger partial charge in [0.1, 0.15) is 58.1 Å². The maximum Gasteiger partial charge on any atom is 0.408 e. The number of nitrogens with zero attached hydrogens (tertiary/aromatic N) is 9. The first-order valence-corrected chi connectivity index (χ1v) is 16.6. The second kappa shape index (κ2) is 14.5. The van der Waals surface area contributed by atoms with E-state index in [0.29, 0.717) is 29.1 Å². The summed E-state index contributed by atoms with van der Waals surface area (Å²) in [5.41, 5.74) is -0.0203. The van der Waals surface area contributed by atoms with E-state index in [1.807, 2.05) is 0 Å². The molecule has 0 unspecified atom stereocenters. The molecule has 0 amide bonds. The van der Waals surface area contributed by atoms with E-state index in [9.17, 15) is 26.3 Å². The van der Waals surface area contributed by atoms with E-state index in [2.05, 4.69) is 47.3 Å². The maximum atomic E-state index is 14.6. The molecule has 0 aliphatic carbocycles. The summed E-state index contributed by atoms with van der Waals surface area (Å²) in [5, 5.41) is 9.91. The van der Waals surface area contributed by atoms with Gasteiger partial charge < -0.3 is 10.2 Å². The monoisotopic (exact) mass is 790 g/mol. The highest BCUT2D eigenvalue weighted by Crippen LogP contribution is 2.43. The molecule has 1 aliphatic rings. The number of nitrogens with one attached hydrogen (secondary N) is 1. The Morgan fingerprint density at radius 1 is 0.784 bits per heavy atom. The van der Waals surface area contributed by atoms with Gasteiger partial charge in [-0.1, -0.05) is 59.4 Å². The molecular formula is C31H24Cl4F6N10. The number of piperidine rings is 1. The summed E-state index contributed by atoms with van der Waals surface area (Å²) in [6, 6.07) is 3.86. The summed E-state index contributed by atoms with van der Waals surface area (Å²) < 4.78 is 83.8. The van der Waals surface area contributed by atoms with Crippen molar-refractivity contribution >= 4 is 69.6 Å². The molecule has 5 heterocycles. The van der Waals surface area contributed by atoms with E-state index in [0.717, 1.165) is 49.8 Å². The van der Waals surface area contributed by atoms with Gasteiger partial charge in [-0.15, -0.1) is 0 Å². The van der Waals surface area contributed by atoms with Crippen molar-refractivity contribution in [1.29, 1.82) is 0 Å². The van der Waals surface area contributed by atoms with Crippen molar-refractivity contribution in [2.75, 3.05) is 23.3 Å². The molecule has 268 valence electrons. The quantitative estimate of drug-likeness (QED) is 0.136. The number of benzene rings is 2. The van der Waals surface area contributed by atoms with Gasteiger partial charge in [-0.2, -0.15) is 52.3 Å². The van der Waals surface area contributed by atoms with Gasteiger partial charge in [0.15, 0.2) is 0 Å². The molecule has 20 heteroatoms. The smallest absolute Gasteiger partial charge is 0.358 e. The van der Waals surface area contributed by atoms with Crippen molar-refractivity contribution in [1.82, 2.24) is 39.2 Å². The number of aromatic nitrogens is 8. The number of hydrogen-bond donors (Lipinski definition) is 1. The summed E-state index contributed by atoms with van der Waals surface area (Å²) in [6.07, 6.45) is -0.0812. The van der Waals surface area contributed by atoms with Crippen LogP contribution in [-0.4, -0.2) is 64.5 Å². The minimum Gasteiger partial charge on any atom is -0.358 e. The van der Waals surface area contributed by atoms with Gasteiger partial charge in [-0.3, -0.25) is 0 Å². The van der Waals surface area contributed by atoms with Crippen LogP contribution in [0.3, 0.4) is 0 Å². The summed E-state index contributed by atoms with van der Waals surface area (Å²) in [7, 11) is 0. The molecule has 0 spiro atoms. The summed E-state index contributed by atoms with van der Waals surface area (Å²) in [5.74, 6) is -1.26. The topological polar surface area (TPSA) is 101 Å². The predicted octanol–water partition coefficient (Wildman–Crippen LogP) is 9.21. The highest BCUT2D eigenvalue weighted by Gasteiger charge is 2.38. The molecule has 1 N–H and O–H groups in total. The third-order valence-electron chi connectivity index (χ3n) is 8.14. The molecule has 0 saturated carbocycles. The first kappa shape index (κ1) is 36.7. The Hall–Kier alpha value is -4.12. The Morgan fingerprint density at radius 2 is 1.37 bits per heavy atom.